The van der Waals surface area contributed by atoms with E-state index in [0.717, 1.165) is 27.3 Å². The lowest BCUT2D eigenvalue weighted by atomic mass is 10.2. The molecule has 3 heterocycles. The highest BCUT2D eigenvalue weighted by molar-refractivity contribution is 7.98. The molecule has 1 aliphatic rings. The van der Waals surface area contributed by atoms with Crippen molar-refractivity contribution in [3.63, 3.8) is 0 Å². The molecule has 160 valence electrons. The van der Waals surface area contributed by atoms with Gasteiger partial charge in [-0.1, -0.05) is 36.0 Å². The molecular formula is C21H21N5O3S2. The van der Waals surface area contributed by atoms with E-state index in [0.29, 0.717) is 42.8 Å². The van der Waals surface area contributed by atoms with Gasteiger partial charge in [0.05, 0.1) is 23.6 Å². The first-order chi connectivity index (χ1) is 15.0. The highest BCUT2D eigenvalue weighted by Gasteiger charge is 2.26. The van der Waals surface area contributed by atoms with E-state index in [1.54, 1.807) is 22.7 Å². The number of aryl methyl sites for hydroxylation is 1. The van der Waals surface area contributed by atoms with E-state index < -0.39 is 10.0 Å². The number of thioether (sulfide) groups is 1. The molecule has 0 amide bonds. The van der Waals surface area contributed by atoms with Gasteiger partial charge in [-0.3, -0.25) is 0 Å². The Balaban J connectivity index is 1.44. The molecule has 0 saturated carbocycles. The molecule has 5 rings (SSSR count). The second-order valence-corrected chi connectivity index (χ2v) is 10.1. The van der Waals surface area contributed by atoms with Crippen LogP contribution in [0, 0.1) is 6.92 Å². The predicted molar refractivity (Wildman–Crippen MR) is 119 cm³/mol. The van der Waals surface area contributed by atoms with Crippen LogP contribution in [0.15, 0.2) is 58.6 Å². The molecule has 0 atom stereocenters. The average molecular weight is 456 g/mol. The van der Waals surface area contributed by atoms with Gasteiger partial charge in [0.2, 0.25) is 10.0 Å². The minimum absolute atomic E-state index is 0.306. The Morgan fingerprint density at radius 3 is 2.71 bits per heavy atom. The number of aromatic nitrogens is 4. The lowest BCUT2D eigenvalue weighted by Gasteiger charge is -2.26. The largest absolute Gasteiger partial charge is 0.379 e. The highest BCUT2D eigenvalue weighted by Crippen LogP contribution is 2.27. The second-order valence-electron chi connectivity index (χ2n) is 7.26. The van der Waals surface area contributed by atoms with Gasteiger partial charge in [0.15, 0.2) is 10.8 Å². The molecule has 1 aliphatic heterocycles. The van der Waals surface area contributed by atoms with Gasteiger partial charge < -0.3 is 4.74 Å². The van der Waals surface area contributed by atoms with Gasteiger partial charge >= 0.3 is 0 Å². The summed E-state index contributed by atoms with van der Waals surface area (Å²) in [6.45, 7) is 3.47. The van der Waals surface area contributed by atoms with Crippen LogP contribution in [-0.4, -0.2) is 58.6 Å². The summed E-state index contributed by atoms with van der Waals surface area (Å²) in [6.07, 6.45) is 0. The van der Waals surface area contributed by atoms with Gasteiger partial charge in [-0.05, 0) is 36.8 Å². The van der Waals surface area contributed by atoms with Crippen LogP contribution in [-0.2, 0) is 20.5 Å². The number of para-hydroxylation sites is 1. The summed E-state index contributed by atoms with van der Waals surface area (Å²) in [5.41, 5.74) is 2.53. The Kier molecular flexibility index (Phi) is 5.39. The first-order valence-corrected chi connectivity index (χ1v) is 12.4. The average Bonchev–Trinajstić information content (AvgIpc) is 3.20. The van der Waals surface area contributed by atoms with Crippen molar-refractivity contribution < 1.29 is 13.2 Å². The minimum atomic E-state index is -3.53. The van der Waals surface area contributed by atoms with Gasteiger partial charge in [-0.25, -0.2) is 18.4 Å². The monoisotopic (exact) mass is 455 g/mol. The summed E-state index contributed by atoms with van der Waals surface area (Å²) in [5, 5.41) is 6.17. The van der Waals surface area contributed by atoms with Gasteiger partial charge in [0, 0.05) is 24.2 Å². The molecular weight excluding hydrogens is 434 g/mol. The summed E-state index contributed by atoms with van der Waals surface area (Å²) in [6, 6.07) is 14.9. The SMILES string of the molecule is Cc1nc2c3ccccc3nc(SCc3cccc(S(=O)(=O)N4CCOCC4)c3)n2n1. The molecule has 4 aromatic rings. The van der Waals surface area contributed by atoms with Crippen LogP contribution in [0.4, 0.5) is 0 Å². The second kappa shape index (κ2) is 8.19. The first-order valence-electron chi connectivity index (χ1n) is 9.94. The van der Waals surface area contributed by atoms with E-state index in [-0.39, 0.29) is 0 Å². The number of sulfonamides is 1. The van der Waals surface area contributed by atoms with E-state index in [2.05, 4.69) is 10.1 Å². The third-order valence-corrected chi connectivity index (χ3v) is 8.02. The molecule has 8 nitrogen and oxygen atoms in total. The molecule has 1 saturated heterocycles. The van der Waals surface area contributed by atoms with Crippen molar-refractivity contribution in [3.8, 4) is 0 Å². The fourth-order valence-corrected chi connectivity index (χ4v) is 5.97. The predicted octanol–water partition coefficient (Wildman–Crippen LogP) is 2.90. The first kappa shape index (κ1) is 20.4. The van der Waals surface area contributed by atoms with Crippen LogP contribution in [0.1, 0.15) is 11.4 Å². The van der Waals surface area contributed by atoms with Crippen molar-refractivity contribution >= 4 is 38.3 Å². The fourth-order valence-electron chi connectivity index (χ4n) is 3.61. The van der Waals surface area contributed by atoms with Crippen molar-refractivity contribution in [2.75, 3.05) is 26.3 Å². The number of fused-ring (bicyclic) bond motifs is 3. The normalized spacial score (nSPS) is 15.6. The van der Waals surface area contributed by atoms with Gasteiger partial charge in [0.1, 0.15) is 5.82 Å². The molecule has 1 fully saturated rings. The summed E-state index contributed by atoms with van der Waals surface area (Å²) in [4.78, 5) is 9.62. The zero-order valence-corrected chi connectivity index (χ0v) is 18.6. The maximum Gasteiger partial charge on any atom is 0.243 e. The van der Waals surface area contributed by atoms with E-state index >= 15 is 0 Å². The quantitative estimate of drug-likeness (QED) is 0.338. The molecule has 0 N–H and O–H groups in total. The molecule has 0 aliphatic carbocycles. The van der Waals surface area contributed by atoms with Crippen LogP contribution >= 0.6 is 11.8 Å². The number of nitrogens with zero attached hydrogens (tertiary/aromatic N) is 5. The van der Waals surface area contributed by atoms with Crippen molar-refractivity contribution in [3.05, 3.63) is 59.9 Å². The number of morpholine rings is 1. The minimum Gasteiger partial charge on any atom is -0.379 e. The number of benzene rings is 2. The Hall–Kier alpha value is -2.53. The smallest absolute Gasteiger partial charge is 0.243 e. The third-order valence-electron chi connectivity index (χ3n) is 5.13. The molecule has 0 bridgehead atoms. The number of hydrogen-bond donors (Lipinski definition) is 0. The zero-order valence-electron chi connectivity index (χ0n) is 16.9. The van der Waals surface area contributed by atoms with Crippen molar-refractivity contribution in [2.24, 2.45) is 0 Å². The Morgan fingerprint density at radius 1 is 1.06 bits per heavy atom. The van der Waals surface area contributed by atoms with Gasteiger partial charge in [0.25, 0.3) is 0 Å². The van der Waals surface area contributed by atoms with Crippen molar-refractivity contribution in [2.45, 2.75) is 22.7 Å². The Labute approximate surface area is 184 Å². The maximum absolute atomic E-state index is 13.0. The van der Waals surface area contributed by atoms with Crippen LogP contribution in [0.25, 0.3) is 16.6 Å². The molecule has 10 heteroatoms. The Morgan fingerprint density at radius 2 is 1.87 bits per heavy atom. The number of hydrogen-bond acceptors (Lipinski definition) is 7. The molecule has 31 heavy (non-hydrogen) atoms. The summed E-state index contributed by atoms with van der Waals surface area (Å²) in [7, 11) is -3.53. The van der Waals surface area contributed by atoms with Crippen LogP contribution < -0.4 is 0 Å². The van der Waals surface area contributed by atoms with Crippen molar-refractivity contribution in [1.82, 2.24) is 23.9 Å². The lowest BCUT2D eigenvalue weighted by Crippen LogP contribution is -2.40. The van der Waals surface area contributed by atoms with Crippen molar-refractivity contribution in [1.29, 1.82) is 0 Å². The molecule has 0 spiro atoms. The standard InChI is InChI=1S/C21H21N5O3S2/c1-15-22-20-18-7-2-3-8-19(18)23-21(26(20)24-15)30-14-16-5-4-6-17(13-16)31(27,28)25-9-11-29-12-10-25/h2-8,13H,9-12,14H2,1H3. The fraction of sp³-hybridized carbons (Fsp3) is 0.286. The summed E-state index contributed by atoms with van der Waals surface area (Å²) >= 11 is 1.51. The van der Waals surface area contributed by atoms with E-state index in [4.69, 9.17) is 9.72 Å². The molecule has 2 aromatic carbocycles. The van der Waals surface area contributed by atoms with Crippen LogP contribution in [0.2, 0.25) is 0 Å². The topological polar surface area (TPSA) is 89.7 Å². The van der Waals surface area contributed by atoms with E-state index in [9.17, 15) is 8.42 Å². The van der Waals surface area contributed by atoms with Gasteiger partial charge in [-0.15, -0.1) is 5.10 Å². The lowest BCUT2D eigenvalue weighted by molar-refractivity contribution is 0.0730. The molecule has 0 radical (unpaired) electrons. The van der Waals surface area contributed by atoms with Gasteiger partial charge in [-0.2, -0.15) is 8.82 Å². The zero-order chi connectivity index (χ0) is 21.4. The van der Waals surface area contributed by atoms with Crippen LogP contribution in [0.3, 0.4) is 0 Å². The summed E-state index contributed by atoms with van der Waals surface area (Å²) in [5.74, 6) is 1.24. The number of ether oxygens (including phenoxy) is 1. The van der Waals surface area contributed by atoms with Crippen LogP contribution in [0.5, 0.6) is 0 Å². The maximum atomic E-state index is 13.0. The summed E-state index contributed by atoms with van der Waals surface area (Å²) < 4.78 is 34.5. The Bertz CT molecular complexity index is 1360. The highest BCUT2D eigenvalue weighted by atomic mass is 32.2. The third kappa shape index (κ3) is 3.91. The molecule has 0 unspecified atom stereocenters. The van der Waals surface area contributed by atoms with E-state index in [1.807, 2.05) is 37.3 Å². The molecule has 2 aromatic heterocycles. The van der Waals surface area contributed by atoms with E-state index in [1.165, 1.54) is 16.1 Å². The number of rotatable bonds is 5.